The van der Waals surface area contributed by atoms with Crippen LogP contribution in [-0.2, 0) is 5.66 Å². The molecule has 0 fully saturated rings. The molecule has 0 aliphatic carbocycles. The number of hydrogen-bond acceptors (Lipinski definition) is 3. The van der Waals surface area contributed by atoms with Gasteiger partial charge < -0.3 is 5.11 Å². The van der Waals surface area contributed by atoms with E-state index in [4.69, 9.17) is 0 Å². The Morgan fingerprint density at radius 2 is 1.80 bits per heavy atom. The van der Waals surface area contributed by atoms with Gasteiger partial charge in [0.15, 0.2) is 0 Å². The van der Waals surface area contributed by atoms with E-state index < -0.39 is 5.66 Å². The van der Waals surface area contributed by atoms with Crippen LogP contribution in [0.15, 0.2) is 63.2 Å². The molecule has 20 heavy (non-hydrogen) atoms. The Labute approximate surface area is 125 Å². The SMILES string of the molecule is CC1=NC(c2ccncc2)(c2cccc(Br)c2)N=C1O. The first-order valence-corrected chi connectivity index (χ1v) is 6.93. The topological polar surface area (TPSA) is 57.8 Å². The minimum absolute atomic E-state index is 0.0261. The lowest BCUT2D eigenvalue weighted by Crippen LogP contribution is -2.21. The third-order valence-electron chi connectivity index (χ3n) is 3.23. The highest BCUT2D eigenvalue weighted by Crippen LogP contribution is 2.39. The molecule has 1 N–H and O–H groups in total. The number of nitrogens with zero attached hydrogens (tertiary/aromatic N) is 3. The van der Waals surface area contributed by atoms with E-state index >= 15 is 0 Å². The molecule has 1 atom stereocenters. The first-order valence-electron chi connectivity index (χ1n) is 6.14. The summed E-state index contributed by atoms with van der Waals surface area (Å²) >= 11 is 3.46. The van der Waals surface area contributed by atoms with Gasteiger partial charge in [-0.3, -0.25) is 4.98 Å². The maximum Gasteiger partial charge on any atom is 0.230 e. The van der Waals surface area contributed by atoms with E-state index in [1.54, 1.807) is 19.3 Å². The number of hydrogen-bond donors (Lipinski definition) is 1. The van der Waals surface area contributed by atoms with E-state index in [1.165, 1.54) is 0 Å². The van der Waals surface area contributed by atoms with Gasteiger partial charge in [0, 0.05) is 28.0 Å². The van der Waals surface area contributed by atoms with Gasteiger partial charge in [0.2, 0.25) is 11.6 Å². The van der Waals surface area contributed by atoms with Gasteiger partial charge in [-0.15, -0.1) is 0 Å². The van der Waals surface area contributed by atoms with Crippen LogP contribution >= 0.6 is 15.9 Å². The van der Waals surface area contributed by atoms with E-state index in [2.05, 4.69) is 30.9 Å². The smallest absolute Gasteiger partial charge is 0.230 e. The number of benzene rings is 1. The normalized spacial score (nSPS) is 21.5. The van der Waals surface area contributed by atoms with Crippen molar-refractivity contribution in [1.29, 1.82) is 0 Å². The summed E-state index contributed by atoms with van der Waals surface area (Å²) in [7, 11) is 0. The summed E-state index contributed by atoms with van der Waals surface area (Å²) in [5.41, 5.74) is 1.36. The zero-order valence-corrected chi connectivity index (χ0v) is 12.4. The highest BCUT2D eigenvalue weighted by Gasteiger charge is 2.38. The van der Waals surface area contributed by atoms with Crippen LogP contribution in [0, 0.1) is 0 Å². The molecule has 100 valence electrons. The number of aliphatic hydroxyl groups is 1. The Morgan fingerprint density at radius 3 is 2.40 bits per heavy atom. The summed E-state index contributed by atoms with van der Waals surface area (Å²) in [6, 6.07) is 11.5. The minimum Gasteiger partial charge on any atom is -0.492 e. The first kappa shape index (κ1) is 13.0. The molecule has 5 heteroatoms. The molecule has 0 bridgehead atoms. The van der Waals surface area contributed by atoms with E-state index in [0.29, 0.717) is 5.71 Å². The average molecular weight is 330 g/mol. The van der Waals surface area contributed by atoms with Gasteiger partial charge in [-0.25, -0.2) is 9.98 Å². The summed E-state index contributed by atoms with van der Waals surface area (Å²) in [5, 5.41) is 9.92. The monoisotopic (exact) mass is 329 g/mol. The lowest BCUT2D eigenvalue weighted by molar-refractivity contribution is 0.531. The zero-order chi connectivity index (χ0) is 14.2. The number of aromatic nitrogens is 1. The lowest BCUT2D eigenvalue weighted by atomic mass is 9.93. The van der Waals surface area contributed by atoms with Crippen LogP contribution in [-0.4, -0.2) is 21.7 Å². The first-order chi connectivity index (χ1) is 9.62. The fourth-order valence-electron chi connectivity index (χ4n) is 2.27. The van der Waals surface area contributed by atoms with E-state index in [1.807, 2.05) is 36.4 Å². The lowest BCUT2D eigenvalue weighted by Gasteiger charge is -2.24. The maximum absolute atomic E-state index is 9.92. The summed E-state index contributed by atoms with van der Waals surface area (Å²) in [5.74, 6) is -0.0261. The van der Waals surface area contributed by atoms with Crippen LogP contribution in [0.25, 0.3) is 0 Å². The number of pyridine rings is 1. The number of aliphatic hydroxyl groups excluding tert-OH is 1. The van der Waals surface area contributed by atoms with Crippen molar-refractivity contribution in [1.82, 2.24) is 4.98 Å². The average Bonchev–Trinajstić information content (AvgIpc) is 2.77. The molecular weight excluding hydrogens is 318 g/mol. The van der Waals surface area contributed by atoms with Crippen LogP contribution in [0.2, 0.25) is 0 Å². The summed E-state index contributed by atoms with van der Waals surface area (Å²) in [6.07, 6.45) is 3.40. The molecule has 4 nitrogen and oxygen atoms in total. The third-order valence-corrected chi connectivity index (χ3v) is 3.72. The second kappa shape index (κ2) is 4.83. The van der Waals surface area contributed by atoms with Gasteiger partial charge >= 0.3 is 0 Å². The molecule has 1 aliphatic heterocycles. The molecule has 0 radical (unpaired) electrons. The molecule has 1 aliphatic rings. The number of rotatable bonds is 2. The molecule has 1 aromatic carbocycles. The van der Waals surface area contributed by atoms with Crippen molar-refractivity contribution in [2.45, 2.75) is 12.6 Å². The maximum atomic E-state index is 9.92. The molecule has 1 unspecified atom stereocenters. The summed E-state index contributed by atoms with van der Waals surface area (Å²) in [4.78, 5) is 13.0. The van der Waals surface area contributed by atoms with E-state index in [-0.39, 0.29) is 5.90 Å². The van der Waals surface area contributed by atoms with Gasteiger partial charge in [0.25, 0.3) is 0 Å². The van der Waals surface area contributed by atoms with Crippen LogP contribution in [0.1, 0.15) is 18.1 Å². The van der Waals surface area contributed by atoms with Crippen molar-refractivity contribution in [3.8, 4) is 0 Å². The van der Waals surface area contributed by atoms with Crippen LogP contribution < -0.4 is 0 Å². The van der Waals surface area contributed by atoms with Crippen LogP contribution in [0.3, 0.4) is 0 Å². The quantitative estimate of drug-likeness (QED) is 0.916. The number of aliphatic imine (C=N–C) groups is 2. The predicted molar refractivity (Wildman–Crippen MR) is 82.3 cm³/mol. The van der Waals surface area contributed by atoms with Crippen molar-refractivity contribution in [3.63, 3.8) is 0 Å². The molecule has 0 saturated carbocycles. The fourth-order valence-corrected chi connectivity index (χ4v) is 2.67. The Hall–Kier alpha value is -2.01. The molecule has 0 spiro atoms. The molecule has 1 aromatic heterocycles. The third kappa shape index (κ3) is 2.04. The van der Waals surface area contributed by atoms with Crippen LogP contribution in [0.5, 0.6) is 0 Å². The predicted octanol–water partition coefficient (Wildman–Crippen LogP) is 3.48. The Balaban J connectivity index is 2.26. The molecule has 0 amide bonds. The summed E-state index contributed by atoms with van der Waals surface area (Å²) in [6.45, 7) is 1.75. The van der Waals surface area contributed by atoms with Crippen molar-refractivity contribution in [2.24, 2.45) is 9.98 Å². The standard InChI is InChI=1S/C15H12BrN3O/c1-10-14(20)19-15(18-10,11-5-7-17-8-6-11)12-3-2-4-13(16)9-12/h2-9H,1H3,(H,19,20). The number of halogens is 1. The van der Waals surface area contributed by atoms with Crippen molar-refractivity contribution < 1.29 is 5.11 Å². The van der Waals surface area contributed by atoms with Gasteiger partial charge in [-0.05, 0) is 31.2 Å². The van der Waals surface area contributed by atoms with Gasteiger partial charge in [-0.2, -0.15) is 0 Å². The second-order valence-corrected chi connectivity index (χ2v) is 5.47. The molecule has 3 rings (SSSR count). The Morgan fingerprint density at radius 1 is 1.05 bits per heavy atom. The molecular formula is C15H12BrN3O. The van der Waals surface area contributed by atoms with Crippen molar-refractivity contribution in [3.05, 3.63) is 64.4 Å². The van der Waals surface area contributed by atoms with E-state index in [0.717, 1.165) is 15.6 Å². The Kier molecular flexibility index (Phi) is 3.14. The minimum atomic E-state index is -0.930. The van der Waals surface area contributed by atoms with Crippen LogP contribution in [0.4, 0.5) is 0 Å². The highest BCUT2D eigenvalue weighted by molar-refractivity contribution is 9.10. The highest BCUT2D eigenvalue weighted by atomic mass is 79.9. The second-order valence-electron chi connectivity index (χ2n) is 4.55. The fraction of sp³-hybridized carbons (Fsp3) is 0.133. The zero-order valence-electron chi connectivity index (χ0n) is 10.8. The van der Waals surface area contributed by atoms with Crippen molar-refractivity contribution >= 4 is 27.5 Å². The van der Waals surface area contributed by atoms with E-state index in [9.17, 15) is 5.11 Å². The largest absolute Gasteiger partial charge is 0.492 e. The van der Waals surface area contributed by atoms with Gasteiger partial charge in [-0.1, -0.05) is 28.1 Å². The summed E-state index contributed by atoms with van der Waals surface area (Å²) < 4.78 is 0.942. The Bertz CT molecular complexity index is 692. The molecule has 0 saturated heterocycles. The van der Waals surface area contributed by atoms with Gasteiger partial charge in [0.05, 0.1) is 5.71 Å². The molecule has 2 aromatic rings. The van der Waals surface area contributed by atoms with Crippen molar-refractivity contribution in [2.75, 3.05) is 0 Å². The molecule has 2 heterocycles. The van der Waals surface area contributed by atoms with Gasteiger partial charge in [0.1, 0.15) is 0 Å².